The lowest BCUT2D eigenvalue weighted by molar-refractivity contribution is 0.469. The highest BCUT2D eigenvalue weighted by Gasteiger charge is 2.09. The highest BCUT2D eigenvalue weighted by molar-refractivity contribution is 6.32. The third-order valence-corrected chi connectivity index (χ3v) is 2.97. The van der Waals surface area contributed by atoms with Crippen LogP contribution in [-0.2, 0) is 6.54 Å². The van der Waals surface area contributed by atoms with Gasteiger partial charge in [0.25, 0.3) is 0 Å². The maximum atomic E-state index is 13.4. The minimum absolute atomic E-state index is 0.0217. The van der Waals surface area contributed by atoms with Crippen LogP contribution in [-0.4, -0.2) is 5.11 Å². The maximum Gasteiger partial charge on any atom is 0.143 e. The maximum absolute atomic E-state index is 13.4. The van der Waals surface area contributed by atoms with Crippen molar-refractivity contribution in [2.75, 3.05) is 5.32 Å². The van der Waals surface area contributed by atoms with Crippen LogP contribution in [0.15, 0.2) is 36.4 Å². The van der Waals surface area contributed by atoms with Gasteiger partial charge in [-0.25, -0.2) is 4.39 Å². The summed E-state index contributed by atoms with van der Waals surface area (Å²) in [6, 6.07) is 11.1. The molecule has 3 nitrogen and oxygen atoms in total. The number of para-hydroxylation sites is 1. The molecule has 0 unspecified atom stereocenters. The zero-order valence-electron chi connectivity index (χ0n) is 9.82. The fourth-order valence-electron chi connectivity index (χ4n) is 1.68. The van der Waals surface area contributed by atoms with Gasteiger partial charge in [-0.3, -0.25) is 0 Å². The van der Waals surface area contributed by atoms with Gasteiger partial charge in [-0.2, -0.15) is 5.26 Å². The van der Waals surface area contributed by atoms with Crippen molar-refractivity contribution < 1.29 is 9.50 Å². The Morgan fingerprint density at radius 2 is 2.00 bits per heavy atom. The van der Waals surface area contributed by atoms with Gasteiger partial charge in [0.1, 0.15) is 23.2 Å². The highest BCUT2D eigenvalue weighted by atomic mass is 35.5. The molecule has 0 bridgehead atoms. The number of phenols is 1. The Morgan fingerprint density at radius 3 is 2.74 bits per heavy atom. The van der Waals surface area contributed by atoms with E-state index in [2.05, 4.69) is 5.32 Å². The average molecular weight is 277 g/mol. The first-order chi connectivity index (χ1) is 9.13. The zero-order chi connectivity index (χ0) is 13.8. The predicted molar refractivity (Wildman–Crippen MR) is 71.6 cm³/mol. The number of nitrogens with one attached hydrogen (secondary N) is 1. The Morgan fingerprint density at radius 1 is 1.26 bits per heavy atom. The Bertz CT molecular complexity index is 652. The van der Waals surface area contributed by atoms with Crippen molar-refractivity contribution in [1.29, 1.82) is 5.26 Å². The number of benzene rings is 2. The molecule has 0 saturated heterocycles. The minimum atomic E-state index is -0.581. The molecule has 0 aliphatic carbocycles. The number of nitrogens with zero attached hydrogens (tertiary/aromatic N) is 1. The smallest absolute Gasteiger partial charge is 0.143 e. The highest BCUT2D eigenvalue weighted by Crippen LogP contribution is 2.28. The molecule has 0 heterocycles. The second-order valence-corrected chi connectivity index (χ2v) is 4.28. The van der Waals surface area contributed by atoms with Gasteiger partial charge in [-0.1, -0.05) is 29.8 Å². The van der Waals surface area contributed by atoms with Crippen molar-refractivity contribution in [3.8, 4) is 11.8 Å². The van der Waals surface area contributed by atoms with Crippen LogP contribution < -0.4 is 5.32 Å². The largest absolute Gasteiger partial charge is 0.506 e. The van der Waals surface area contributed by atoms with Crippen LogP contribution in [0.4, 0.5) is 10.1 Å². The molecule has 5 heteroatoms. The first-order valence-corrected chi connectivity index (χ1v) is 5.90. The monoisotopic (exact) mass is 276 g/mol. The van der Waals surface area contributed by atoms with Crippen LogP contribution in [0, 0.1) is 17.1 Å². The summed E-state index contributed by atoms with van der Waals surface area (Å²) < 4.78 is 13.4. The van der Waals surface area contributed by atoms with E-state index in [1.807, 2.05) is 0 Å². The van der Waals surface area contributed by atoms with E-state index in [9.17, 15) is 9.50 Å². The van der Waals surface area contributed by atoms with Gasteiger partial charge >= 0.3 is 0 Å². The summed E-state index contributed by atoms with van der Waals surface area (Å²) in [6.45, 7) is 0.241. The summed E-state index contributed by atoms with van der Waals surface area (Å²) in [7, 11) is 0. The van der Waals surface area contributed by atoms with E-state index < -0.39 is 5.82 Å². The first-order valence-electron chi connectivity index (χ1n) is 5.52. The molecule has 0 amide bonds. The summed E-state index contributed by atoms with van der Waals surface area (Å²) in [6.07, 6.45) is 0. The van der Waals surface area contributed by atoms with E-state index in [4.69, 9.17) is 16.9 Å². The van der Waals surface area contributed by atoms with Gasteiger partial charge in [-0.05, 0) is 18.2 Å². The van der Waals surface area contributed by atoms with E-state index in [1.165, 1.54) is 12.1 Å². The molecule has 0 fully saturated rings. The van der Waals surface area contributed by atoms with Crippen molar-refractivity contribution in [1.82, 2.24) is 0 Å². The summed E-state index contributed by atoms with van der Waals surface area (Å²) in [5, 5.41) is 21.8. The quantitative estimate of drug-likeness (QED) is 0.899. The van der Waals surface area contributed by atoms with Crippen LogP contribution in [0.3, 0.4) is 0 Å². The lowest BCUT2D eigenvalue weighted by Crippen LogP contribution is -2.02. The normalized spacial score (nSPS) is 9.95. The lowest BCUT2D eigenvalue weighted by Gasteiger charge is -2.10. The molecule has 0 spiro atoms. The average Bonchev–Trinajstić information content (AvgIpc) is 2.40. The number of rotatable bonds is 3. The number of nitriles is 1. The molecule has 2 rings (SSSR count). The first kappa shape index (κ1) is 13.2. The van der Waals surface area contributed by atoms with Crippen molar-refractivity contribution in [3.05, 3.63) is 58.4 Å². The van der Waals surface area contributed by atoms with Gasteiger partial charge < -0.3 is 10.4 Å². The predicted octanol–water partition coefficient (Wildman–Crippen LogP) is 3.67. The van der Waals surface area contributed by atoms with E-state index in [0.717, 1.165) is 0 Å². The second kappa shape index (κ2) is 5.59. The number of aromatic hydroxyl groups is 1. The lowest BCUT2D eigenvalue weighted by atomic mass is 10.1. The van der Waals surface area contributed by atoms with Crippen molar-refractivity contribution in [2.45, 2.75) is 6.54 Å². The van der Waals surface area contributed by atoms with E-state index in [-0.39, 0.29) is 22.9 Å². The summed E-state index contributed by atoms with van der Waals surface area (Å²) >= 11 is 5.79. The third kappa shape index (κ3) is 2.78. The van der Waals surface area contributed by atoms with Gasteiger partial charge in [0.15, 0.2) is 0 Å². The van der Waals surface area contributed by atoms with Crippen LogP contribution >= 0.6 is 11.6 Å². The molecular weight excluding hydrogens is 267 g/mol. The summed E-state index contributed by atoms with van der Waals surface area (Å²) in [5.74, 6) is -0.602. The van der Waals surface area contributed by atoms with Crippen LogP contribution in [0.5, 0.6) is 5.75 Å². The molecule has 19 heavy (non-hydrogen) atoms. The van der Waals surface area contributed by atoms with Gasteiger partial charge in [0.05, 0.1) is 10.7 Å². The Kier molecular flexibility index (Phi) is 3.88. The number of halogens is 2. The van der Waals surface area contributed by atoms with Gasteiger partial charge in [0.2, 0.25) is 0 Å². The summed E-state index contributed by atoms with van der Waals surface area (Å²) in [4.78, 5) is 0. The minimum Gasteiger partial charge on any atom is -0.506 e. The van der Waals surface area contributed by atoms with E-state index >= 15 is 0 Å². The van der Waals surface area contributed by atoms with E-state index in [1.54, 1.807) is 30.3 Å². The number of anilines is 1. The second-order valence-electron chi connectivity index (χ2n) is 3.88. The Labute approximate surface area is 114 Å². The molecule has 2 aromatic carbocycles. The molecule has 96 valence electrons. The standard InChI is InChI=1S/C14H10ClFN2O/c15-11-4-1-3-9(14(11)19)8-18-13-6-2-5-12(16)10(13)7-17/h1-6,18-19H,8H2. The molecule has 0 saturated carbocycles. The topological polar surface area (TPSA) is 56.0 Å². The number of phenolic OH excluding ortho intramolecular Hbond substituents is 1. The fraction of sp³-hybridized carbons (Fsp3) is 0.0714. The van der Waals surface area contributed by atoms with E-state index in [0.29, 0.717) is 11.3 Å². The zero-order valence-corrected chi connectivity index (χ0v) is 10.6. The third-order valence-electron chi connectivity index (χ3n) is 2.67. The molecular formula is C14H10ClFN2O. The van der Waals surface area contributed by atoms with Crippen molar-refractivity contribution in [3.63, 3.8) is 0 Å². The van der Waals surface area contributed by atoms with Crippen molar-refractivity contribution >= 4 is 17.3 Å². The SMILES string of the molecule is N#Cc1c(F)cccc1NCc1cccc(Cl)c1O. The molecule has 2 N–H and O–H groups in total. The molecule has 2 aromatic rings. The summed E-state index contributed by atoms with van der Waals surface area (Å²) in [5.41, 5.74) is 0.895. The molecule has 0 aliphatic rings. The van der Waals surface area contributed by atoms with Crippen LogP contribution in [0.25, 0.3) is 0 Å². The number of hydrogen-bond acceptors (Lipinski definition) is 3. The Balaban J connectivity index is 2.22. The van der Waals surface area contributed by atoms with Crippen LogP contribution in [0.1, 0.15) is 11.1 Å². The van der Waals surface area contributed by atoms with Gasteiger partial charge in [-0.15, -0.1) is 0 Å². The van der Waals surface area contributed by atoms with Gasteiger partial charge in [0, 0.05) is 12.1 Å². The molecule has 0 atom stereocenters. The molecule has 0 aromatic heterocycles. The van der Waals surface area contributed by atoms with Crippen molar-refractivity contribution in [2.24, 2.45) is 0 Å². The fourth-order valence-corrected chi connectivity index (χ4v) is 1.87. The molecule has 0 radical (unpaired) electrons. The number of hydrogen-bond donors (Lipinski definition) is 2. The van der Waals surface area contributed by atoms with Crippen LogP contribution in [0.2, 0.25) is 5.02 Å². The molecule has 0 aliphatic heterocycles. The Hall–Kier alpha value is -2.25.